The highest BCUT2D eigenvalue weighted by Crippen LogP contribution is 2.06. The predicted octanol–water partition coefficient (Wildman–Crippen LogP) is 0.329. The molecule has 0 aliphatic heterocycles. The zero-order valence-electron chi connectivity index (χ0n) is 10.8. The van der Waals surface area contributed by atoms with Crippen molar-refractivity contribution in [2.75, 3.05) is 27.2 Å². The number of rotatable bonds is 4. The van der Waals surface area contributed by atoms with Crippen molar-refractivity contribution in [3.8, 4) is 0 Å². The molecule has 0 saturated carbocycles. The first kappa shape index (κ1) is 12.5. The summed E-state index contributed by atoms with van der Waals surface area (Å²) in [6.45, 7) is 3.32. The Hall–Kier alpha value is -1.95. The predicted molar refractivity (Wildman–Crippen MR) is 68.6 cm³/mol. The van der Waals surface area contributed by atoms with Crippen LogP contribution in [-0.4, -0.2) is 52.6 Å². The minimum Gasteiger partial charge on any atom is -0.351 e. The molecule has 96 valence electrons. The molecular weight excluding hydrogens is 230 g/mol. The van der Waals surface area contributed by atoms with E-state index in [1.165, 1.54) is 0 Å². The Kier molecular flexibility index (Phi) is 3.57. The van der Waals surface area contributed by atoms with Crippen LogP contribution in [-0.2, 0) is 0 Å². The molecule has 0 unspecified atom stereocenters. The molecule has 18 heavy (non-hydrogen) atoms. The monoisotopic (exact) mass is 247 g/mol. The number of fused-ring (bicyclic) bond motifs is 1. The largest absolute Gasteiger partial charge is 0.351 e. The molecule has 2 aromatic rings. The molecular formula is C12H17N5O. The van der Waals surface area contributed by atoms with Gasteiger partial charge in [-0.2, -0.15) is 0 Å². The van der Waals surface area contributed by atoms with Crippen molar-refractivity contribution in [2.24, 2.45) is 0 Å². The van der Waals surface area contributed by atoms with Crippen molar-refractivity contribution in [3.63, 3.8) is 0 Å². The summed E-state index contributed by atoms with van der Waals surface area (Å²) in [5.74, 6) is 0.726. The highest BCUT2D eigenvalue weighted by atomic mass is 16.1. The van der Waals surface area contributed by atoms with Crippen LogP contribution in [0, 0.1) is 6.92 Å². The average Bonchev–Trinajstić information content (AvgIpc) is 2.70. The zero-order valence-corrected chi connectivity index (χ0v) is 10.8. The number of carbonyl (C=O) groups excluding carboxylic acids is 1. The fourth-order valence-electron chi connectivity index (χ4n) is 1.65. The highest BCUT2D eigenvalue weighted by molar-refractivity contribution is 5.94. The van der Waals surface area contributed by atoms with Crippen LogP contribution >= 0.6 is 0 Å². The normalized spacial score (nSPS) is 11.1. The maximum Gasteiger partial charge on any atom is 0.251 e. The van der Waals surface area contributed by atoms with Gasteiger partial charge in [-0.3, -0.25) is 9.20 Å². The molecule has 0 aliphatic carbocycles. The summed E-state index contributed by atoms with van der Waals surface area (Å²) in [7, 11) is 3.94. The fraction of sp³-hybridized carbons (Fsp3) is 0.417. The Morgan fingerprint density at radius 1 is 1.44 bits per heavy atom. The van der Waals surface area contributed by atoms with Gasteiger partial charge in [0, 0.05) is 24.8 Å². The molecule has 6 nitrogen and oxygen atoms in total. The minimum atomic E-state index is -0.0833. The van der Waals surface area contributed by atoms with Gasteiger partial charge in [-0.15, -0.1) is 10.2 Å². The summed E-state index contributed by atoms with van der Waals surface area (Å²) in [4.78, 5) is 13.9. The van der Waals surface area contributed by atoms with Crippen LogP contribution in [0.25, 0.3) is 5.65 Å². The topological polar surface area (TPSA) is 62.5 Å². The molecule has 2 rings (SSSR count). The van der Waals surface area contributed by atoms with Crippen molar-refractivity contribution in [2.45, 2.75) is 6.92 Å². The van der Waals surface area contributed by atoms with Crippen LogP contribution in [0.1, 0.15) is 16.2 Å². The lowest BCUT2D eigenvalue weighted by atomic mass is 10.2. The van der Waals surface area contributed by atoms with Gasteiger partial charge in [0.2, 0.25) is 0 Å². The first-order chi connectivity index (χ1) is 8.58. The van der Waals surface area contributed by atoms with Crippen LogP contribution in [0.15, 0.2) is 18.3 Å². The Balaban J connectivity index is 2.08. The lowest BCUT2D eigenvalue weighted by Gasteiger charge is -2.10. The van der Waals surface area contributed by atoms with Gasteiger partial charge in [0.05, 0.1) is 0 Å². The van der Waals surface area contributed by atoms with Gasteiger partial charge in [-0.05, 0) is 33.2 Å². The van der Waals surface area contributed by atoms with Crippen LogP contribution in [0.3, 0.4) is 0 Å². The van der Waals surface area contributed by atoms with Crippen LogP contribution in [0.5, 0.6) is 0 Å². The SMILES string of the molecule is Cc1nnc2cc(C(=O)NCCN(C)C)ccn12. The van der Waals surface area contributed by atoms with E-state index in [2.05, 4.69) is 15.5 Å². The van der Waals surface area contributed by atoms with Gasteiger partial charge in [-0.25, -0.2) is 0 Å². The van der Waals surface area contributed by atoms with Crippen molar-refractivity contribution in [1.82, 2.24) is 24.8 Å². The second kappa shape index (κ2) is 5.14. The third-order valence-electron chi connectivity index (χ3n) is 2.69. The van der Waals surface area contributed by atoms with Gasteiger partial charge in [0.15, 0.2) is 5.65 Å². The van der Waals surface area contributed by atoms with Crippen LogP contribution < -0.4 is 5.32 Å². The molecule has 0 spiro atoms. The number of nitrogens with one attached hydrogen (secondary N) is 1. The smallest absolute Gasteiger partial charge is 0.251 e. The van der Waals surface area contributed by atoms with E-state index in [1.54, 1.807) is 12.1 Å². The lowest BCUT2D eigenvalue weighted by molar-refractivity contribution is 0.0951. The molecule has 1 N–H and O–H groups in total. The molecule has 1 amide bonds. The number of nitrogens with zero attached hydrogens (tertiary/aromatic N) is 4. The Labute approximate surface area is 106 Å². The standard InChI is InChI=1S/C12H17N5O/c1-9-14-15-11-8-10(4-6-17(9)11)12(18)13-5-7-16(2)3/h4,6,8H,5,7H2,1-3H3,(H,13,18). The van der Waals surface area contributed by atoms with Gasteiger partial charge in [-0.1, -0.05) is 0 Å². The van der Waals surface area contributed by atoms with Crippen LogP contribution in [0.4, 0.5) is 0 Å². The van der Waals surface area contributed by atoms with Crippen molar-refractivity contribution in [1.29, 1.82) is 0 Å². The van der Waals surface area contributed by atoms with E-state index in [0.29, 0.717) is 17.8 Å². The van der Waals surface area contributed by atoms with Crippen molar-refractivity contribution in [3.05, 3.63) is 29.7 Å². The van der Waals surface area contributed by atoms with Gasteiger partial charge in [0.25, 0.3) is 5.91 Å². The fourth-order valence-corrected chi connectivity index (χ4v) is 1.65. The summed E-state index contributed by atoms with van der Waals surface area (Å²) < 4.78 is 1.84. The first-order valence-corrected chi connectivity index (χ1v) is 5.82. The molecule has 0 fully saturated rings. The second-order valence-electron chi connectivity index (χ2n) is 4.45. The van der Waals surface area contributed by atoms with Gasteiger partial charge < -0.3 is 10.2 Å². The first-order valence-electron chi connectivity index (χ1n) is 5.82. The average molecular weight is 247 g/mol. The molecule has 6 heteroatoms. The maximum absolute atomic E-state index is 11.9. The number of hydrogen-bond acceptors (Lipinski definition) is 4. The summed E-state index contributed by atoms with van der Waals surface area (Å²) in [5.41, 5.74) is 1.29. The van der Waals surface area contributed by atoms with E-state index in [1.807, 2.05) is 36.5 Å². The summed E-state index contributed by atoms with van der Waals surface area (Å²) in [5, 5.41) is 10.8. The lowest BCUT2D eigenvalue weighted by Crippen LogP contribution is -2.31. The number of amides is 1. The van der Waals surface area contributed by atoms with Gasteiger partial charge >= 0.3 is 0 Å². The molecule has 2 heterocycles. The number of aromatic nitrogens is 3. The molecule has 0 aliphatic rings. The molecule has 0 aromatic carbocycles. The number of hydrogen-bond donors (Lipinski definition) is 1. The van der Waals surface area contributed by atoms with Crippen molar-refractivity contribution >= 4 is 11.6 Å². The third-order valence-corrected chi connectivity index (χ3v) is 2.69. The van der Waals surface area contributed by atoms with E-state index >= 15 is 0 Å². The maximum atomic E-state index is 11.9. The third kappa shape index (κ3) is 2.65. The molecule has 0 saturated heterocycles. The number of aryl methyl sites for hydroxylation is 1. The zero-order chi connectivity index (χ0) is 13.1. The highest BCUT2D eigenvalue weighted by Gasteiger charge is 2.08. The van der Waals surface area contributed by atoms with E-state index in [9.17, 15) is 4.79 Å². The molecule has 0 atom stereocenters. The van der Waals surface area contributed by atoms with E-state index in [0.717, 1.165) is 12.4 Å². The molecule has 0 bridgehead atoms. The molecule has 2 aromatic heterocycles. The van der Waals surface area contributed by atoms with Crippen LogP contribution in [0.2, 0.25) is 0 Å². The number of pyridine rings is 1. The van der Waals surface area contributed by atoms with Crippen molar-refractivity contribution < 1.29 is 4.79 Å². The Bertz CT molecular complexity index is 561. The van der Waals surface area contributed by atoms with E-state index in [4.69, 9.17) is 0 Å². The number of carbonyl (C=O) groups is 1. The van der Waals surface area contributed by atoms with E-state index < -0.39 is 0 Å². The van der Waals surface area contributed by atoms with E-state index in [-0.39, 0.29) is 5.91 Å². The molecule has 0 radical (unpaired) electrons. The second-order valence-corrected chi connectivity index (χ2v) is 4.45. The summed E-state index contributed by atoms with van der Waals surface area (Å²) in [6, 6.07) is 3.51. The number of likely N-dealkylation sites (N-methyl/N-ethyl adjacent to an activating group) is 1. The minimum absolute atomic E-state index is 0.0833. The van der Waals surface area contributed by atoms with Gasteiger partial charge in [0.1, 0.15) is 5.82 Å². The Morgan fingerprint density at radius 3 is 2.94 bits per heavy atom. The summed E-state index contributed by atoms with van der Waals surface area (Å²) >= 11 is 0. The summed E-state index contributed by atoms with van der Waals surface area (Å²) in [6.07, 6.45) is 1.81. The quantitative estimate of drug-likeness (QED) is 0.845. The Morgan fingerprint density at radius 2 is 2.22 bits per heavy atom.